The topological polar surface area (TPSA) is 30.5 Å². The molecular formula is C12H19NO2. The Kier molecular flexibility index (Phi) is 5.15. The summed E-state index contributed by atoms with van der Waals surface area (Å²) < 4.78 is 10.8. The average Bonchev–Trinajstić information content (AvgIpc) is 2.25. The predicted molar refractivity (Wildman–Crippen MR) is 61.3 cm³/mol. The molecule has 0 amide bonds. The van der Waals surface area contributed by atoms with Crippen molar-refractivity contribution in [1.29, 1.82) is 0 Å². The summed E-state index contributed by atoms with van der Waals surface area (Å²) in [4.78, 5) is 0. The zero-order valence-corrected chi connectivity index (χ0v) is 9.67. The molecule has 0 aliphatic rings. The Morgan fingerprint density at radius 2 is 2.13 bits per heavy atom. The Hall–Kier alpha value is -1.06. The van der Waals surface area contributed by atoms with Crippen LogP contribution >= 0.6 is 0 Å². The Balaban J connectivity index is 2.54. The highest BCUT2D eigenvalue weighted by Gasteiger charge is 2.02. The number of hydrogen-bond donors (Lipinski definition) is 1. The van der Waals surface area contributed by atoms with E-state index in [1.807, 2.05) is 19.2 Å². The molecule has 0 aromatic heterocycles. The molecule has 0 aliphatic carbocycles. The molecule has 0 heterocycles. The molecule has 84 valence electrons. The number of nitrogens with one attached hydrogen (secondary N) is 1. The van der Waals surface area contributed by atoms with Gasteiger partial charge in [-0.1, -0.05) is 17.7 Å². The summed E-state index contributed by atoms with van der Waals surface area (Å²) >= 11 is 0. The first-order valence-electron chi connectivity index (χ1n) is 5.13. The molecule has 1 rings (SSSR count). The molecule has 0 aliphatic heterocycles. The number of benzene rings is 1. The molecule has 15 heavy (non-hydrogen) atoms. The lowest BCUT2D eigenvalue weighted by molar-refractivity contribution is 0.122. The molecule has 0 atom stereocenters. The predicted octanol–water partition coefficient (Wildman–Crippen LogP) is 1.74. The van der Waals surface area contributed by atoms with E-state index >= 15 is 0 Å². The Morgan fingerprint density at radius 1 is 1.33 bits per heavy atom. The average molecular weight is 209 g/mol. The van der Waals surface area contributed by atoms with Crippen LogP contribution in [0.3, 0.4) is 0 Å². The number of likely N-dealkylation sites (N-methyl/N-ethyl adjacent to an activating group) is 1. The van der Waals surface area contributed by atoms with Gasteiger partial charge in [-0.3, -0.25) is 0 Å². The van der Waals surface area contributed by atoms with Gasteiger partial charge in [-0.15, -0.1) is 0 Å². The molecule has 3 heteroatoms. The zero-order chi connectivity index (χ0) is 11.1. The third kappa shape index (κ3) is 3.90. The SMILES string of the molecule is CNCCOCc1cc(C)ccc1OC. The van der Waals surface area contributed by atoms with Crippen LogP contribution in [0.4, 0.5) is 0 Å². The van der Waals surface area contributed by atoms with Gasteiger partial charge >= 0.3 is 0 Å². The number of hydrogen-bond acceptors (Lipinski definition) is 3. The molecule has 3 nitrogen and oxygen atoms in total. The summed E-state index contributed by atoms with van der Waals surface area (Å²) in [5.74, 6) is 0.894. The van der Waals surface area contributed by atoms with Gasteiger partial charge in [0.1, 0.15) is 5.75 Å². The maximum atomic E-state index is 5.52. The van der Waals surface area contributed by atoms with E-state index in [1.165, 1.54) is 5.56 Å². The fourth-order valence-corrected chi connectivity index (χ4v) is 1.38. The van der Waals surface area contributed by atoms with Crippen LogP contribution in [0.2, 0.25) is 0 Å². The minimum atomic E-state index is 0.604. The highest BCUT2D eigenvalue weighted by atomic mass is 16.5. The summed E-state index contributed by atoms with van der Waals surface area (Å²) in [5.41, 5.74) is 2.33. The lowest BCUT2D eigenvalue weighted by Crippen LogP contribution is -2.14. The van der Waals surface area contributed by atoms with E-state index in [2.05, 4.69) is 18.3 Å². The van der Waals surface area contributed by atoms with Gasteiger partial charge in [0.15, 0.2) is 0 Å². The van der Waals surface area contributed by atoms with Crippen LogP contribution < -0.4 is 10.1 Å². The summed E-state index contributed by atoms with van der Waals surface area (Å²) in [6, 6.07) is 6.11. The van der Waals surface area contributed by atoms with Gasteiger partial charge in [-0.2, -0.15) is 0 Å². The molecule has 0 saturated carbocycles. The minimum Gasteiger partial charge on any atom is -0.496 e. The summed E-state index contributed by atoms with van der Waals surface area (Å²) in [6.07, 6.45) is 0. The maximum Gasteiger partial charge on any atom is 0.124 e. The van der Waals surface area contributed by atoms with Gasteiger partial charge in [0.25, 0.3) is 0 Å². The van der Waals surface area contributed by atoms with Crippen molar-refractivity contribution in [3.8, 4) is 5.75 Å². The van der Waals surface area contributed by atoms with Crippen molar-refractivity contribution in [2.45, 2.75) is 13.5 Å². The third-order valence-electron chi connectivity index (χ3n) is 2.19. The molecule has 0 saturated heterocycles. The zero-order valence-electron chi connectivity index (χ0n) is 9.67. The first kappa shape index (κ1) is 12.0. The maximum absolute atomic E-state index is 5.52. The number of rotatable bonds is 6. The first-order valence-corrected chi connectivity index (χ1v) is 5.13. The van der Waals surface area contributed by atoms with E-state index in [4.69, 9.17) is 9.47 Å². The van der Waals surface area contributed by atoms with Crippen LogP contribution in [0.25, 0.3) is 0 Å². The number of methoxy groups -OCH3 is 1. The normalized spacial score (nSPS) is 10.3. The summed E-state index contributed by atoms with van der Waals surface area (Å²) in [7, 11) is 3.60. The van der Waals surface area contributed by atoms with E-state index in [1.54, 1.807) is 7.11 Å². The van der Waals surface area contributed by atoms with E-state index in [0.29, 0.717) is 13.2 Å². The molecule has 0 radical (unpaired) electrons. The lowest BCUT2D eigenvalue weighted by Gasteiger charge is -2.09. The smallest absolute Gasteiger partial charge is 0.124 e. The van der Waals surface area contributed by atoms with E-state index in [-0.39, 0.29) is 0 Å². The Labute approximate surface area is 91.4 Å². The minimum absolute atomic E-state index is 0.604. The largest absolute Gasteiger partial charge is 0.496 e. The fourth-order valence-electron chi connectivity index (χ4n) is 1.38. The van der Waals surface area contributed by atoms with Crippen LogP contribution in [0, 0.1) is 6.92 Å². The van der Waals surface area contributed by atoms with Crippen LogP contribution in [-0.2, 0) is 11.3 Å². The number of aryl methyl sites for hydroxylation is 1. The van der Waals surface area contributed by atoms with Crippen LogP contribution in [0.1, 0.15) is 11.1 Å². The Bertz CT molecular complexity index is 300. The van der Waals surface area contributed by atoms with E-state index < -0.39 is 0 Å². The molecule has 0 bridgehead atoms. The van der Waals surface area contributed by atoms with Crippen molar-refractivity contribution in [1.82, 2.24) is 5.32 Å². The molecule has 0 unspecified atom stereocenters. The highest BCUT2D eigenvalue weighted by molar-refractivity contribution is 5.36. The standard InChI is InChI=1S/C12H19NO2/c1-10-4-5-12(14-3)11(8-10)9-15-7-6-13-2/h4-5,8,13H,6-7,9H2,1-3H3. The van der Waals surface area contributed by atoms with Crippen molar-refractivity contribution in [3.05, 3.63) is 29.3 Å². The van der Waals surface area contributed by atoms with Crippen molar-refractivity contribution in [2.24, 2.45) is 0 Å². The van der Waals surface area contributed by atoms with Gasteiger partial charge in [0.05, 0.1) is 20.3 Å². The molecule has 0 spiro atoms. The van der Waals surface area contributed by atoms with Gasteiger partial charge in [-0.05, 0) is 20.0 Å². The van der Waals surface area contributed by atoms with Crippen LogP contribution in [0.15, 0.2) is 18.2 Å². The highest BCUT2D eigenvalue weighted by Crippen LogP contribution is 2.20. The monoisotopic (exact) mass is 209 g/mol. The van der Waals surface area contributed by atoms with Gasteiger partial charge in [-0.25, -0.2) is 0 Å². The molecule has 1 aromatic carbocycles. The molecular weight excluding hydrogens is 190 g/mol. The third-order valence-corrected chi connectivity index (χ3v) is 2.19. The lowest BCUT2D eigenvalue weighted by atomic mass is 10.1. The second kappa shape index (κ2) is 6.43. The van der Waals surface area contributed by atoms with Crippen LogP contribution in [-0.4, -0.2) is 27.3 Å². The Morgan fingerprint density at radius 3 is 2.80 bits per heavy atom. The summed E-state index contributed by atoms with van der Waals surface area (Å²) in [5, 5.41) is 3.04. The van der Waals surface area contributed by atoms with Crippen molar-refractivity contribution in [3.63, 3.8) is 0 Å². The quantitative estimate of drug-likeness (QED) is 0.724. The van der Waals surface area contributed by atoms with Gasteiger partial charge in [0.2, 0.25) is 0 Å². The van der Waals surface area contributed by atoms with Gasteiger partial charge < -0.3 is 14.8 Å². The van der Waals surface area contributed by atoms with Crippen LogP contribution in [0.5, 0.6) is 5.75 Å². The number of ether oxygens (including phenoxy) is 2. The first-order chi connectivity index (χ1) is 7.27. The molecule has 0 fully saturated rings. The van der Waals surface area contributed by atoms with Crippen molar-refractivity contribution < 1.29 is 9.47 Å². The van der Waals surface area contributed by atoms with Crippen molar-refractivity contribution in [2.75, 3.05) is 27.3 Å². The fraction of sp³-hybridized carbons (Fsp3) is 0.500. The molecule has 1 N–H and O–H groups in total. The van der Waals surface area contributed by atoms with Gasteiger partial charge in [0, 0.05) is 12.1 Å². The second-order valence-electron chi connectivity index (χ2n) is 3.47. The van der Waals surface area contributed by atoms with E-state index in [0.717, 1.165) is 17.9 Å². The summed E-state index contributed by atoms with van der Waals surface area (Å²) in [6.45, 7) is 4.25. The second-order valence-corrected chi connectivity index (χ2v) is 3.47. The molecule has 1 aromatic rings. The van der Waals surface area contributed by atoms with E-state index in [9.17, 15) is 0 Å². The van der Waals surface area contributed by atoms with Crippen molar-refractivity contribution >= 4 is 0 Å².